The van der Waals surface area contributed by atoms with Crippen LogP contribution in [0.4, 0.5) is 10.8 Å². The summed E-state index contributed by atoms with van der Waals surface area (Å²) in [6, 6.07) is 3.78. The highest BCUT2D eigenvalue weighted by atomic mass is 35.5. The molecule has 1 amide bonds. The molecule has 0 fully saturated rings. The molecule has 0 aromatic carbocycles. The Kier molecular flexibility index (Phi) is 3.74. The fourth-order valence-corrected chi connectivity index (χ4v) is 3.45. The van der Waals surface area contributed by atoms with Gasteiger partial charge in [0.25, 0.3) is 5.91 Å². The molecule has 0 bridgehead atoms. The zero-order valence-electron chi connectivity index (χ0n) is 9.51. The fraction of sp³-hybridized carbons (Fsp3) is 0.200. The lowest BCUT2D eigenvalue weighted by Crippen LogP contribution is -2.20. The lowest BCUT2D eigenvalue weighted by Gasteiger charge is -2.16. The molecular formula is C10H11ClN4OS2. The normalized spacial score (nSPS) is 10.6. The lowest BCUT2D eigenvalue weighted by atomic mass is 10.3. The van der Waals surface area contributed by atoms with Crippen LogP contribution >= 0.6 is 34.5 Å². The maximum absolute atomic E-state index is 11.3. The van der Waals surface area contributed by atoms with Crippen LogP contribution in [-0.4, -0.2) is 17.3 Å². The Morgan fingerprint density at radius 2 is 2.28 bits per heavy atom. The lowest BCUT2D eigenvalue weighted by molar-refractivity contribution is 0.100. The molecule has 2 aromatic rings. The van der Waals surface area contributed by atoms with E-state index in [1.54, 1.807) is 0 Å². The number of hydrogen-bond acceptors (Lipinski definition) is 6. The van der Waals surface area contributed by atoms with Crippen molar-refractivity contribution in [3.05, 3.63) is 26.9 Å². The van der Waals surface area contributed by atoms with Gasteiger partial charge in [-0.25, -0.2) is 0 Å². The first kappa shape index (κ1) is 13.1. The van der Waals surface area contributed by atoms with E-state index in [-0.39, 0.29) is 11.4 Å². The summed E-state index contributed by atoms with van der Waals surface area (Å²) in [4.78, 5) is 14.3. The van der Waals surface area contributed by atoms with Gasteiger partial charge in [0.2, 0.25) is 0 Å². The van der Waals surface area contributed by atoms with Gasteiger partial charge in [-0.1, -0.05) is 11.6 Å². The number of rotatable bonds is 4. The van der Waals surface area contributed by atoms with Crippen LogP contribution in [0, 0.1) is 0 Å². The van der Waals surface area contributed by atoms with Gasteiger partial charge in [0, 0.05) is 11.9 Å². The van der Waals surface area contributed by atoms with Crippen LogP contribution in [0.2, 0.25) is 4.34 Å². The minimum absolute atomic E-state index is 0.179. The van der Waals surface area contributed by atoms with E-state index in [0.717, 1.165) is 20.7 Å². The molecular weight excluding hydrogens is 292 g/mol. The van der Waals surface area contributed by atoms with Crippen molar-refractivity contribution < 1.29 is 4.79 Å². The van der Waals surface area contributed by atoms with Crippen molar-refractivity contribution in [1.82, 2.24) is 4.37 Å². The molecule has 0 atom stereocenters. The third kappa shape index (κ3) is 2.58. The number of hydrogen-bond donors (Lipinski definition) is 2. The maximum atomic E-state index is 11.3. The minimum atomic E-state index is -0.563. The molecule has 2 rings (SSSR count). The van der Waals surface area contributed by atoms with E-state index in [1.165, 1.54) is 11.3 Å². The number of nitrogens with zero attached hydrogens (tertiary/aromatic N) is 2. The second-order valence-corrected chi connectivity index (χ2v) is 6.23. The summed E-state index contributed by atoms with van der Waals surface area (Å²) in [6.07, 6.45) is 0. The van der Waals surface area contributed by atoms with Crippen LogP contribution in [0.25, 0.3) is 0 Å². The summed E-state index contributed by atoms with van der Waals surface area (Å²) in [6.45, 7) is 0.624. The first-order chi connectivity index (χ1) is 8.49. The summed E-state index contributed by atoms with van der Waals surface area (Å²) in [5, 5.41) is 0.671. The molecule has 0 saturated carbocycles. The Labute approximate surface area is 117 Å². The average Bonchev–Trinajstić information content (AvgIpc) is 2.84. The van der Waals surface area contributed by atoms with Gasteiger partial charge in [0.1, 0.15) is 10.6 Å². The third-order valence-corrected chi connectivity index (χ3v) is 4.51. The molecule has 0 aliphatic carbocycles. The Morgan fingerprint density at radius 3 is 2.83 bits per heavy atom. The molecule has 0 saturated heterocycles. The van der Waals surface area contributed by atoms with Crippen molar-refractivity contribution in [2.45, 2.75) is 6.54 Å². The molecule has 0 unspecified atom stereocenters. The molecule has 5 nitrogen and oxygen atoms in total. The quantitative estimate of drug-likeness (QED) is 0.906. The van der Waals surface area contributed by atoms with Crippen molar-refractivity contribution in [3.8, 4) is 0 Å². The number of nitrogens with two attached hydrogens (primary N) is 2. The highest BCUT2D eigenvalue weighted by Gasteiger charge is 2.20. The zero-order chi connectivity index (χ0) is 13.3. The standard InChI is InChI=1S/C10H11ClN4OS2/c1-15(4-5-2-3-6(11)17-5)10-7(9(13)16)8(12)14-18-10/h2-3H,4H2,1H3,(H2,12,14)(H2,13,16). The van der Waals surface area contributed by atoms with Crippen LogP contribution in [0.1, 0.15) is 15.2 Å². The van der Waals surface area contributed by atoms with E-state index in [9.17, 15) is 4.79 Å². The largest absolute Gasteiger partial charge is 0.382 e. The van der Waals surface area contributed by atoms with Crippen LogP contribution in [-0.2, 0) is 6.54 Å². The molecule has 96 valence electrons. The molecule has 0 aliphatic heterocycles. The minimum Gasteiger partial charge on any atom is -0.382 e. The topological polar surface area (TPSA) is 85.2 Å². The Morgan fingerprint density at radius 1 is 1.56 bits per heavy atom. The number of carbonyl (C=O) groups is 1. The number of thiophene rings is 1. The number of aromatic nitrogens is 1. The summed E-state index contributed by atoms with van der Waals surface area (Å²) < 4.78 is 4.69. The highest BCUT2D eigenvalue weighted by molar-refractivity contribution is 7.16. The van der Waals surface area contributed by atoms with Gasteiger partial charge < -0.3 is 16.4 Å². The molecule has 18 heavy (non-hydrogen) atoms. The summed E-state index contributed by atoms with van der Waals surface area (Å²) in [7, 11) is 1.85. The van der Waals surface area contributed by atoms with Crippen LogP contribution in [0.3, 0.4) is 0 Å². The maximum Gasteiger partial charge on any atom is 0.255 e. The smallest absolute Gasteiger partial charge is 0.255 e. The first-order valence-corrected chi connectivity index (χ1v) is 6.96. The van der Waals surface area contributed by atoms with Crippen molar-refractivity contribution >= 4 is 51.2 Å². The first-order valence-electron chi connectivity index (χ1n) is 4.99. The molecule has 2 heterocycles. The van der Waals surface area contributed by atoms with E-state index in [0.29, 0.717) is 11.5 Å². The van der Waals surface area contributed by atoms with Gasteiger partial charge in [0.15, 0.2) is 5.82 Å². The SMILES string of the molecule is CN(Cc1ccc(Cl)s1)c1snc(N)c1C(N)=O. The molecule has 2 aromatic heterocycles. The number of anilines is 2. The average molecular weight is 303 g/mol. The van der Waals surface area contributed by atoms with Crippen LogP contribution < -0.4 is 16.4 Å². The van der Waals surface area contributed by atoms with E-state index < -0.39 is 5.91 Å². The van der Waals surface area contributed by atoms with Gasteiger partial charge in [-0.05, 0) is 23.7 Å². The van der Waals surface area contributed by atoms with Crippen LogP contribution in [0.15, 0.2) is 12.1 Å². The van der Waals surface area contributed by atoms with Gasteiger partial charge >= 0.3 is 0 Å². The number of carbonyl (C=O) groups excluding carboxylic acids is 1. The molecule has 0 aliphatic rings. The number of primary amides is 1. The third-order valence-electron chi connectivity index (χ3n) is 2.32. The monoisotopic (exact) mass is 302 g/mol. The Balaban J connectivity index is 2.23. The predicted molar refractivity (Wildman–Crippen MR) is 76.5 cm³/mol. The van der Waals surface area contributed by atoms with E-state index in [1.807, 2.05) is 24.1 Å². The van der Waals surface area contributed by atoms with Crippen molar-refractivity contribution in [3.63, 3.8) is 0 Å². The molecule has 4 N–H and O–H groups in total. The number of halogens is 1. The molecule has 8 heteroatoms. The van der Waals surface area contributed by atoms with Gasteiger partial charge in [-0.15, -0.1) is 11.3 Å². The summed E-state index contributed by atoms with van der Waals surface area (Å²) >= 11 is 8.52. The van der Waals surface area contributed by atoms with Crippen molar-refractivity contribution in [2.75, 3.05) is 17.7 Å². The number of amides is 1. The van der Waals surface area contributed by atoms with E-state index in [4.69, 9.17) is 23.1 Å². The van der Waals surface area contributed by atoms with Gasteiger partial charge in [-0.2, -0.15) is 4.37 Å². The van der Waals surface area contributed by atoms with E-state index in [2.05, 4.69) is 4.37 Å². The predicted octanol–water partition coefficient (Wildman–Crippen LogP) is 2.18. The Hall–Kier alpha value is -1.31. The van der Waals surface area contributed by atoms with Crippen molar-refractivity contribution in [2.24, 2.45) is 5.73 Å². The van der Waals surface area contributed by atoms with Gasteiger partial charge in [-0.3, -0.25) is 4.79 Å². The second kappa shape index (κ2) is 5.13. The Bertz CT molecular complexity index is 580. The zero-order valence-corrected chi connectivity index (χ0v) is 11.9. The highest BCUT2D eigenvalue weighted by Crippen LogP contribution is 2.31. The van der Waals surface area contributed by atoms with Gasteiger partial charge in [0.05, 0.1) is 10.9 Å². The van der Waals surface area contributed by atoms with E-state index >= 15 is 0 Å². The fourth-order valence-electron chi connectivity index (χ4n) is 1.53. The summed E-state index contributed by atoms with van der Waals surface area (Å²) in [5.74, 6) is -0.383. The van der Waals surface area contributed by atoms with Crippen molar-refractivity contribution in [1.29, 1.82) is 0 Å². The van der Waals surface area contributed by atoms with Crippen LogP contribution in [0.5, 0.6) is 0 Å². The molecule has 0 spiro atoms. The second-order valence-electron chi connectivity index (χ2n) is 3.67. The number of nitrogen functional groups attached to an aromatic ring is 1. The molecule has 0 radical (unpaired) electrons. The summed E-state index contributed by atoms with van der Waals surface area (Å²) in [5.41, 5.74) is 11.2.